The van der Waals surface area contributed by atoms with Gasteiger partial charge < -0.3 is 16.2 Å². The first-order valence-electron chi connectivity index (χ1n) is 7.83. The quantitative estimate of drug-likeness (QED) is 0.720. The van der Waals surface area contributed by atoms with Gasteiger partial charge in [0.15, 0.2) is 0 Å². The molecule has 1 saturated carbocycles. The minimum atomic E-state index is -0.261. The number of carbonyl (C=O) groups is 1. The van der Waals surface area contributed by atoms with E-state index in [2.05, 4.69) is 5.32 Å². The van der Waals surface area contributed by atoms with Crippen molar-refractivity contribution in [3.05, 3.63) is 35.9 Å². The second-order valence-electron chi connectivity index (χ2n) is 6.18. The third-order valence-corrected chi connectivity index (χ3v) is 4.60. The minimum Gasteiger partial charge on any atom is -0.396 e. The molecule has 0 saturated heterocycles. The van der Waals surface area contributed by atoms with Crippen molar-refractivity contribution in [2.45, 2.75) is 44.6 Å². The maximum atomic E-state index is 12.1. The van der Waals surface area contributed by atoms with E-state index in [1.807, 2.05) is 30.3 Å². The number of aliphatic hydroxyl groups is 1. The van der Waals surface area contributed by atoms with Crippen LogP contribution < -0.4 is 11.1 Å². The fraction of sp³-hybridized carbons (Fsp3) is 0.588. The molecule has 2 rings (SSSR count). The molecular formula is C17H27ClN2O2. The summed E-state index contributed by atoms with van der Waals surface area (Å²) in [5, 5.41) is 12.2. The van der Waals surface area contributed by atoms with Gasteiger partial charge in [0.1, 0.15) is 0 Å². The summed E-state index contributed by atoms with van der Waals surface area (Å²) in [7, 11) is 0. The van der Waals surface area contributed by atoms with Crippen molar-refractivity contribution in [3.63, 3.8) is 0 Å². The Morgan fingerprint density at radius 3 is 2.50 bits per heavy atom. The Morgan fingerprint density at radius 1 is 1.27 bits per heavy atom. The molecule has 5 heteroatoms. The average Bonchev–Trinajstić information content (AvgIpc) is 2.95. The molecule has 1 atom stereocenters. The fourth-order valence-electron chi connectivity index (χ4n) is 3.25. The van der Waals surface area contributed by atoms with Crippen LogP contribution in [0.2, 0.25) is 0 Å². The third kappa shape index (κ3) is 5.27. The van der Waals surface area contributed by atoms with Gasteiger partial charge in [-0.25, -0.2) is 0 Å². The summed E-state index contributed by atoms with van der Waals surface area (Å²) in [5.74, 6) is -0.00410. The number of hydrogen-bond donors (Lipinski definition) is 3. The summed E-state index contributed by atoms with van der Waals surface area (Å²) >= 11 is 0. The van der Waals surface area contributed by atoms with E-state index in [-0.39, 0.29) is 36.4 Å². The maximum absolute atomic E-state index is 12.1. The molecule has 0 aromatic heterocycles. The lowest BCUT2D eigenvalue weighted by atomic mass is 9.83. The van der Waals surface area contributed by atoms with Crippen molar-refractivity contribution in [1.82, 2.24) is 5.32 Å². The van der Waals surface area contributed by atoms with Crippen LogP contribution in [0.4, 0.5) is 0 Å². The van der Waals surface area contributed by atoms with Crippen molar-refractivity contribution in [2.24, 2.45) is 11.1 Å². The van der Waals surface area contributed by atoms with Gasteiger partial charge in [-0.05, 0) is 30.2 Å². The van der Waals surface area contributed by atoms with Crippen molar-refractivity contribution < 1.29 is 9.90 Å². The second-order valence-corrected chi connectivity index (χ2v) is 6.18. The highest BCUT2D eigenvalue weighted by atomic mass is 35.5. The largest absolute Gasteiger partial charge is 0.396 e. The average molecular weight is 327 g/mol. The third-order valence-electron chi connectivity index (χ3n) is 4.60. The first kappa shape index (κ1) is 18.9. The molecule has 4 N–H and O–H groups in total. The highest BCUT2D eigenvalue weighted by Gasteiger charge is 2.33. The van der Waals surface area contributed by atoms with Gasteiger partial charge in [-0.15, -0.1) is 12.4 Å². The summed E-state index contributed by atoms with van der Waals surface area (Å²) in [6, 6.07) is 9.44. The topological polar surface area (TPSA) is 75.4 Å². The molecule has 1 aromatic carbocycles. The number of amides is 1. The maximum Gasteiger partial charge on any atom is 0.221 e. The molecule has 22 heavy (non-hydrogen) atoms. The van der Waals surface area contributed by atoms with E-state index in [0.29, 0.717) is 13.0 Å². The van der Waals surface area contributed by atoms with Gasteiger partial charge in [-0.2, -0.15) is 0 Å². The molecule has 124 valence electrons. The van der Waals surface area contributed by atoms with E-state index in [0.717, 1.165) is 24.8 Å². The van der Waals surface area contributed by atoms with Crippen LogP contribution in [0.3, 0.4) is 0 Å². The van der Waals surface area contributed by atoms with E-state index in [1.54, 1.807) is 0 Å². The van der Waals surface area contributed by atoms with Crippen LogP contribution in [0.15, 0.2) is 30.3 Å². The molecule has 0 aliphatic heterocycles. The monoisotopic (exact) mass is 326 g/mol. The molecular weight excluding hydrogens is 300 g/mol. The van der Waals surface area contributed by atoms with Gasteiger partial charge in [-0.3, -0.25) is 4.79 Å². The number of carbonyl (C=O) groups excluding carboxylic acids is 1. The molecule has 0 heterocycles. The molecule has 1 aliphatic rings. The van der Waals surface area contributed by atoms with Crippen LogP contribution in [-0.4, -0.2) is 24.2 Å². The molecule has 1 amide bonds. The van der Waals surface area contributed by atoms with Crippen molar-refractivity contribution >= 4 is 18.3 Å². The van der Waals surface area contributed by atoms with Gasteiger partial charge in [0.2, 0.25) is 5.91 Å². The van der Waals surface area contributed by atoms with Gasteiger partial charge in [-0.1, -0.05) is 43.2 Å². The van der Waals surface area contributed by atoms with Gasteiger partial charge in [0, 0.05) is 25.6 Å². The lowest BCUT2D eigenvalue weighted by Crippen LogP contribution is -2.37. The molecule has 1 unspecified atom stereocenters. The second kappa shape index (κ2) is 9.13. The predicted molar refractivity (Wildman–Crippen MR) is 90.8 cm³/mol. The van der Waals surface area contributed by atoms with E-state index >= 15 is 0 Å². The highest BCUT2D eigenvalue weighted by Crippen LogP contribution is 2.40. The molecule has 1 aromatic rings. The van der Waals surface area contributed by atoms with Crippen LogP contribution in [0.1, 0.15) is 50.1 Å². The molecule has 1 aliphatic carbocycles. The number of nitrogens with one attached hydrogen (secondary N) is 1. The Bertz CT molecular complexity index is 447. The number of benzene rings is 1. The number of aliphatic hydroxyl groups excluding tert-OH is 1. The lowest BCUT2D eigenvalue weighted by Gasteiger charge is -2.28. The van der Waals surface area contributed by atoms with Gasteiger partial charge in [0.25, 0.3) is 0 Å². The zero-order chi connectivity index (χ0) is 15.1. The fourth-order valence-corrected chi connectivity index (χ4v) is 3.25. The summed E-state index contributed by atoms with van der Waals surface area (Å²) in [4.78, 5) is 12.1. The van der Waals surface area contributed by atoms with Crippen LogP contribution in [0.5, 0.6) is 0 Å². The molecule has 4 nitrogen and oxygen atoms in total. The van der Waals surface area contributed by atoms with Crippen molar-refractivity contribution in [3.8, 4) is 0 Å². The van der Waals surface area contributed by atoms with E-state index in [9.17, 15) is 9.90 Å². The first-order valence-corrected chi connectivity index (χ1v) is 7.83. The number of halogens is 1. The normalized spacial score (nSPS) is 17.5. The predicted octanol–water partition coefficient (Wildman–Crippen LogP) is 2.56. The Morgan fingerprint density at radius 2 is 1.91 bits per heavy atom. The van der Waals surface area contributed by atoms with Gasteiger partial charge in [0.05, 0.1) is 0 Å². The van der Waals surface area contributed by atoms with Crippen LogP contribution >= 0.6 is 12.4 Å². The number of rotatable bonds is 7. The minimum absolute atomic E-state index is 0. The van der Waals surface area contributed by atoms with E-state index in [4.69, 9.17) is 5.73 Å². The first-order chi connectivity index (χ1) is 10.2. The summed E-state index contributed by atoms with van der Waals surface area (Å²) in [6.07, 6.45) is 5.66. The summed E-state index contributed by atoms with van der Waals surface area (Å²) < 4.78 is 0. The Balaban J connectivity index is 0.00000242. The van der Waals surface area contributed by atoms with Crippen LogP contribution in [0, 0.1) is 5.41 Å². The summed E-state index contributed by atoms with van der Waals surface area (Å²) in [5.41, 5.74) is 7.15. The molecule has 0 spiro atoms. The smallest absolute Gasteiger partial charge is 0.221 e. The Hall–Kier alpha value is -1.10. The number of hydrogen-bond acceptors (Lipinski definition) is 3. The van der Waals surface area contributed by atoms with Crippen molar-refractivity contribution in [2.75, 3.05) is 13.2 Å². The van der Waals surface area contributed by atoms with Crippen molar-refractivity contribution in [1.29, 1.82) is 0 Å². The molecule has 0 bridgehead atoms. The Kier molecular flexibility index (Phi) is 7.87. The van der Waals surface area contributed by atoms with Gasteiger partial charge >= 0.3 is 0 Å². The Labute approximate surface area is 138 Å². The summed E-state index contributed by atoms with van der Waals surface area (Å²) in [6.45, 7) is 0.854. The number of nitrogens with two attached hydrogens (primary N) is 1. The van der Waals surface area contributed by atoms with E-state index < -0.39 is 0 Å². The standard InChI is InChI=1S/C17H26N2O2.ClH/c18-15(14-6-2-1-3-7-14)12-16(21)19-13-17(10-11-20)8-4-5-9-17;/h1-3,6-7,15,20H,4-5,8-13,18H2,(H,19,21);1H. The highest BCUT2D eigenvalue weighted by molar-refractivity contribution is 5.85. The zero-order valence-corrected chi connectivity index (χ0v) is 13.8. The SMILES string of the molecule is Cl.NC(CC(=O)NCC1(CCO)CCCC1)c1ccccc1. The van der Waals surface area contributed by atoms with Crippen LogP contribution in [0.25, 0.3) is 0 Å². The zero-order valence-electron chi connectivity index (χ0n) is 13.0. The molecule has 0 radical (unpaired) electrons. The van der Waals surface area contributed by atoms with Crippen LogP contribution in [-0.2, 0) is 4.79 Å². The molecule has 1 fully saturated rings. The van der Waals surface area contributed by atoms with E-state index in [1.165, 1.54) is 12.8 Å². The lowest BCUT2D eigenvalue weighted by molar-refractivity contribution is -0.122.